The summed E-state index contributed by atoms with van der Waals surface area (Å²) in [5.41, 5.74) is 3.36. The molecule has 0 saturated carbocycles. The number of nitrogens with one attached hydrogen (secondary N) is 1. The van der Waals surface area contributed by atoms with Crippen LogP contribution in [0, 0.1) is 11.3 Å². The first kappa shape index (κ1) is 18.9. The number of nitrogens with zero attached hydrogens (tertiary/aromatic N) is 6. The van der Waals surface area contributed by atoms with Crippen LogP contribution in [0.5, 0.6) is 0 Å². The number of nitriles is 1. The molecule has 6 rings (SSSR count). The number of hydrogen-bond donors (Lipinski definition) is 1. The molecule has 0 aromatic carbocycles. The highest BCUT2D eigenvalue weighted by molar-refractivity contribution is 5.99. The number of rotatable bonds is 0. The molecular formula is C23H21N7O. The Kier molecular flexibility index (Phi) is 5.07. The molecule has 8 nitrogen and oxygen atoms in total. The van der Waals surface area contributed by atoms with Gasteiger partial charge in [-0.25, -0.2) is 9.97 Å². The Morgan fingerprint density at radius 1 is 1.13 bits per heavy atom. The van der Waals surface area contributed by atoms with Crippen molar-refractivity contribution in [2.45, 2.75) is 6.42 Å². The molecule has 0 radical (unpaired) electrons. The van der Waals surface area contributed by atoms with Crippen LogP contribution in [-0.4, -0.2) is 46.8 Å². The fourth-order valence-electron chi connectivity index (χ4n) is 3.78. The molecular weight excluding hydrogens is 390 g/mol. The number of anilines is 2. The number of fused-ring (bicyclic) bond motifs is 5. The maximum absolute atomic E-state index is 9.39. The van der Waals surface area contributed by atoms with E-state index in [1.807, 2.05) is 24.4 Å². The summed E-state index contributed by atoms with van der Waals surface area (Å²) in [6, 6.07) is 2.19. The van der Waals surface area contributed by atoms with Crippen molar-refractivity contribution in [1.82, 2.24) is 14.9 Å². The van der Waals surface area contributed by atoms with E-state index in [9.17, 15) is 5.26 Å². The minimum atomic E-state index is 0.457. The van der Waals surface area contributed by atoms with Crippen LogP contribution < -0.4 is 10.2 Å². The first-order chi connectivity index (χ1) is 15.3. The smallest absolute Gasteiger partial charge is 0.145 e. The topological polar surface area (TPSA) is 89.7 Å². The Morgan fingerprint density at radius 3 is 2.97 bits per heavy atom. The molecule has 8 heteroatoms. The average Bonchev–Trinajstić information content (AvgIpc) is 3.23. The van der Waals surface area contributed by atoms with Crippen molar-refractivity contribution >= 4 is 22.9 Å². The van der Waals surface area contributed by atoms with E-state index in [0.717, 1.165) is 48.1 Å². The summed E-state index contributed by atoms with van der Waals surface area (Å²) in [7, 11) is 0. The van der Waals surface area contributed by atoms with Gasteiger partial charge in [0.2, 0.25) is 0 Å². The predicted octanol–water partition coefficient (Wildman–Crippen LogP) is 3.11. The van der Waals surface area contributed by atoms with Gasteiger partial charge in [-0.2, -0.15) is 5.26 Å². The van der Waals surface area contributed by atoms with Crippen molar-refractivity contribution in [3.8, 4) is 6.07 Å². The Balaban J connectivity index is 1.56. The molecule has 4 aliphatic heterocycles. The lowest BCUT2D eigenvalue weighted by atomic mass is 10.0. The van der Waals surface area contributed by atoms with E-state index in [2.05, 4.69) is 54.6 Å². The van der Waals surface area contributed by atoms with Crippen molar-refractivity contribution in [3.05, 3.63) is 78.5 Å². The van der Waals surface area contributed by atoms with Crippen LogP contribution in [0.1, 0.15) is 12.0 Å². The summed E-state index contributed by atoms with van der Waals surface area (Å²) in [6.45, 7) is 3.16. The van der Waals surface area contributed by atoms with E-state index in [1.54, 1.807) is 18.7 Å². The van der Waals surface area contributed by atoms with Crippen LogP contribution in [0.3, 0.4) is 0 Å². The van der Waals surface area contributed by atoms with Gasteiger partial charge < -0.3 is 19.9 Å². The quantitative estimate of drug-likeness (QED) is 0.701. The van der Waals surface area contributed by atoms with Gasteiger partial charge in [0.25, 0.3) is 0 Å². The normalized spacial score (nSPS) is 23.5. The maximum Gasteiger partial charge on any atom is 0.145 e. The highest BCUT2D eigenvalue weighted by atomic mass is 16.5. The Hall–Kier alpha value is -4.12. The molecule has 4 bridgehead atoms. The van der Waals surface area contributed by atoms with Gasteiger partial charge in [0.05, 0.1) is 17.4 Å². The van der Waals surface area contributed by atoms with Crippen molar-refractivity contribution in [2.24, 2.45) is 4.99 Å². The summed E-state index contributed by atoms with van der Waals surface area (Å²) < 4.78 is 5.75. The van der Waals surface area contributed by atoms with Gasteiger partial charge in [0, 0.05) is 62.5 Å². The lowest BCUT2D eigenvalue weighted by molar-refractivity contribution is 0.343. The van der Waals surface area contributed by atoms with E-state index >= 15 is 0 Å². The van der Waals surface area contributed by atoms with Crippen LogP contribution in [0.15, 0.2) is 77.9 Å². The summed E-state index contributed by atoms with van der Waals surface area (Å²) in [6.07, 6.45) is 19.1. The van der Waals surface area contributed by atoms with Crippen LogP contribution in [-0.2, 0) is 4.74 Å². The van der Waals surface area contributed by atoms with Crippen molar-refractivity contribution < 1.29 is 4.74 Å². The van der Waals surface area contributed by atoms with Gasteiger partial charge >= 0.3 is 0 Å². The van der Waals surface area contributed by atoms with E-state index in [4.69, 9.17) is 4.74 Å². The number of aromatic nitrogens is 2. The highest BCUT2D eigenvalue weighted by Crippen LogP contribution is 2.36. The summed E-state index contributed by atoms with van der Waals surface area (Å²) in [5.74, 6) is 2.30. The second-order valence-corrected chi connectivity index (χ2v) is 7.37. The number of aliphatic imine (C=N–C) groups is 1. The molecule has 1 N–H and O–H groups in total. The minimum absolute atomic E-state index is 0.457. The molecule has 0 unspecified atom stereocenters. The van der Waals surface area contributed by atoms with E-state index in [1.165, 1.54) is 0 Å². The van der Waals surface area contributed by atoms with Gasteiger partial charge in [0.15, 0.2) is 0 Å². The van der Waals surface area contributed by atoms with Gasteiger partial charge in [-0.05, 0) is 18.2 Å². The van der Waals surface area contributed by atoms with E-state index in [0.29, 0.717) is 24.3 Å². The molecule has 1 aromatic rings. The third-order valence-corrected chi connectivity index (χ3v) is 5.42. The zero-order valence-electron chi connectivity index (χ0n) is 16.9. The summed E-state index contributed by atoms with van der Waals surface area (Å²) >= 11 is 0. The zero-order chi connectivity index (χ0) is 21.0. The fraction of sp³-hybridized carbons (Fsp3) is 0.217. The van der Waals surface area contributed by atoms with Gasteiger partial charge in [0.1, 0.15) is 29.8 Å². The standard InChI is InChI=1S/C23H21N7O/c24-13-17-4-5-19-12-20(17)31-11-3-1-2-6-29-7-9-30(10-8-29)23-21-18(14-25-19)15-26-22(21)27-16-28-23/h1-5,7,9,11,14,16H,6,8,10,12,15H2,(H,26,27,28)/b2-1-,11-3+,18-14+,25-19?. The molecule has 5 aliphatic rings. The van der Waals surface area contributed by atoms with Crippen LogP contribution in [0.25, 0.3) is 5.57 Å². The van der Waals surface area contributed by atoms with Gasteiger partial charge in [-0.3, -0.25) is 4.99 Å². The van der Waals surface area contributed by atoms with E-state index in [-0.39, 0.29) is 0 Å². The Morgan fingerprint density at radius 2 is 2.10 bits per heavy atom. The molecule has 0 amide bonds. The second kappa shape index (κ2) is 8.32. The molecule has 31 heavy (non-hydrogen) atoms. The first-order valence-electron chi connectivity index (χ1n) is 10.2. The molecule has 0 saturated heterocycles. The average molecular weight is 411 g/mol. The summed E-state index contributed by atoms with van der Waals surface area (Å²) in [5, 5.41) is 12.7. The van der Waals surface area contributed by atoms with E-state index < -0.39 is 0 Å². The van der Waals surface area contributed by atoms with Crippen LogP contribution in [0.4, 0.5) is 11.6 Å². The molecule has 0 fully saturated rings. The van der Waals surface area contributed by atoms with Crippen molar-refractivity contribution in [2.75, 3.05) is 36.4 Å². The zero-order valence-corrected chi connectivity index (χ0v) is 16.9. The lowest BCUT2D eigenvalue weighted by Crippen LogP contribution is -2.35. The highest BCUT2D eigenvalue weighted by Gasteiger charge is 2.25. The third-order valence-electron chi connectivity index (χ3n) is 5.42. The number of hydrogen-bond acceptors (Lipinski definition) is 8. The van der Waals surface area contributed by atoms with Crippen LogP contribution in [0.2, 0.25) is 0 Å². The summed E-state index contributed by atoms with van der Waals surface area (Å²) in [4.78, 5) is 18.1. The lowest BCUT2D eigenvalue weighted by Gasteiger charge is -2.30. The molecule has 0 spiro atoms. The second-order valence-electron chi connectivity index (χ2n) is 7.37. The van der Waals surface area contributed by atoms with Gasteiger partial charge in [-0.1, -0.05) is 12.2 Å². The Labute approximate surface area is 180 Å². The molecule has 5 heterocycles. The Bertz CT molecular complexity index is 1150. The minimum Gasteiger partial charge on any atom is -0.468 e. The fourth-order valence-corrected chi connectivity index (χ4v) is 3.78. The van der Waals surface area contributed by atoms with Crippen LogP contribution >= 0.6 is 0 Å². The molecule has 1 aromatic heterocycles. The molecule has 0 atom stereocenters. The van der Waals surface area contributed by atoms with Crippen molar-refractivity contribution in [1.29, 1.82) is 5.26 Å². The maximum atomic E-state index is 9.39. The van der Waals surface area contributed by atoms with Gasteiger partial charge in [-0.15, -0.1) is 0 Å². The molecule has 154 valence electrons. The number of ether oxygens (including phenoxy) is 1. The van der Waals surface area contributed by atoms with Crippen molar-refractivity contribution in [3.63, 3.8) is 0 Å². The SMILES string of the molecule is N#CC1=C2CC(=N/C=C3\CNc4ncnc(c43)N3C=CN(C/C=C\C=C\O2)CC3)C=C1. The molecule has 1 aliphatic carbocycles. The predicted molar refractivity (Wildman–Crippen MR) is 120 cm³/mol. The third kappa shape index (κ3) is 3.85. The largest absolute Gasteiger partial charge is 0.468 e. The first-order valence-corrected chi connectivity index (χ1v) is 10.2. The monoisotopic (exact) mass is 411 g/mol. The number of allylic oxidation sites excluding steroid dienone is 6.